The van der Waals surface area contributed by atoms with E-state index in [0.29, 0.717) is 6.42 Å². The molecule has 0 aliphatic carbocycles. The summed E-state index contributed by atoms with van der Waals surface area (Å²) in [5, 5.41) is 5.10. The van der Waals surface area contributed by atoms with Gasteiger partial charge in [-0.05, 0) is 28.3 Å². The molecule has 0 spiro atoms. The summed E-state index contributed by atoms with van der Waals surface area (Å²) in [4.78, 5) is 27.3. The summed E-state index contributed by atoms with van der Waals surface area (Å²) in [7, 11) is 0. The molecule has 4 heteroatoms. The van der Waals surface area contributed by atoms with Gasteiger partial charge in [0.25, 0.3) is 5.91 Å². The van der Waals surface area contributed by atoms with Crippen molar-refractivity contribution in [3.63, 3.8) is 0 Å². The van der Waals surface area contributed by atoms with Crippen LogP contribution in [0.15, 0.2) is 72.8 Å². The Kier molecular flexibility index (Phi) is 3.96. The Balaban J connectivity index is 1.72. The number of carbonyl (C=O) groups is 2. The van der Waals surface area contributed by atoms with Crippen LogP contribution in [0, 0.1) is 0 Å². The number of fused-ring (bicyclic) bond motifs is 1. The number of rotatable bonds is 4. The van der Waals surface area contributed by atoms with E-state index in [2.05, 4.69) is 5.32 Å². The van der Waals surface area contributed by atoms with Crippen LogP contribution in [-0.2, 0) is 16.9 Å². The average molecular weight is 344 g/mol. The first-order chi connectivity index (χ1) is 12.7. The van der Waals surface area contributed by atoms with Crippen LogP contribution in [0.2, 0.25) is 0 Å². The minimum absolute atomic E-state index is 0.191. The third kappa shape index (κ3) is 2.46. The van der Waals surface area contributed by atoms with Crippen LogP contribution in [0.25, 0.3) is 10.8 Å². The van der Waals surface area contributed by atoms with Gasteiger partial charge >= 0.3 is 6.03 Å². The van der Waals surface area contributed by atoms with Gasteiger partial charge in [-0.3, -0.25) is 9.69 Å². The maximum absolute atomic E-state index is 13.3. The lowest BCUT2D eigenvalue weighted by Crippen LogP contribution is -2.43. The highest BCUT2D eigenvalue weighted by Gasteiger charge is 2.51. The minimum Gasteiger partial charge on any atom is -0.319 e. The highest BCUT2D eigenvalue weighted by molar-refractivity contribution is 6.07. The predicted molar refractivity (Wildman–Crippen MR) is 101 cm³/mol. The number of carbonyl (C=O) groups excluding carboxylic acids is 2. The number of benzene rings is 3. The zero-order valence-electron chi connectivity index (χ0n) is 14.6. The molecule has 3 aromatic carbocycles. The molecule has 1 aliphatic heterocycles. The molecule has 1 fully saturated rings. The van der Waals surface area contributed by atoms with Gasteiger partial charge in [-0.15, -0.1) is 0 Å². The Hall–Kier alpha value is -3.14. The number of hydrogen-bond donors (Lipinski definition) is 1. The minimum atomic E-state index is -0.983. The van der Waals surface area contributed by atoms with Gasteiger partial charge in [-0.2, -0.15) is 0 Å². The molecule has 0 radical (unpaired) electrons. The largest absolute Gasteiger partial charge is 0.325 e. The van der Waals surface area contributed by atoms with Crippen LogP contribution >= 0.6 is 0 Å². The molecular weight excluding hydrogens is 324 g/mol. The fourth-order valence-electron chi connectivity index (χ4n) is 3.73. The fraction of sp³-hybridized carbons (Fsp3) is 0.182. The molecule has 26 heavy (non-hydrogen) atoms. The first kappa shape index (κ1) is 16.3. The Labute approximate surface area is 152 Å². The summed E-state index contributed by atoms with van der Waals surface area (Å²) in [6, 6.07) is 23.1. The summed E-state index contributed by atoms with van der Waals surface area (Å²) in [6.45, 7) is 2.19. The summed E-state index contributed by atoms with van der Waals surface area (Å²) in [6.07, 6.45) is 0.508. The van der Waals surface area contributed by atoms with Gasteiger partial charge < -0.3 is 5.32 Å². The number of imide groups is 1. The van der Waals surface area contributed by atoms with Crippen molar-refractivity contribution in [1.82, 2.24) is 10.2 Å². The number of hydrogen-bond acceptors (Lipinski definition) is 2. The van der Waals surface area contributed by atoms with Gasteiger partial charge in [-0.1, -0.05) is 79.7 Å². The Morgan fingerprint density at radius 2 is 1.58 bits per heavy atom. The van der Waals surface area contributed by atoms with Gasteiger partial charge in [0.1, 0.15) is 5.54 Å². The second-order valence-electron chi connectivity index (χ2n) is 6.58. The highest BCUT2D eigenvalue weighted by atomic mass is 16.2. The van der Waals surface area contributed by atoms with Crippen molar-refractivity contribution in [1.29, 1.82) is 0 Å². The summed E-state index contributed by atoms with van der Waals surface area (Å²) >= 11 is 0. The van der Waals surface area contributed by atoms with Crippen molar-refractivity contribution in [2.24, 2.45) is 0 Å². The molecule has 0 aromatic heterocycles. The van der Waals surface area contributed by atoms with E-state index in [1.807, 2.05) is 79.7 Å². The van der Waals surface area contributed by atoms with E-state index in [1.165, 1.54) is 4.90 Å². The molecule has 4 rings (SSSR count). The number of amides is 3. The smallest absolute Gasteiger partial charge is 0.319 e. The van der Waals surface area contributed by atoms with Gasteiger partial charge in [0.05, 0.1) is 6.54 Å². The van der Waals surface area contributed by atoms with Crippen LogP contribution in [0.5, 0.6) is 0 Å². The summed E-state index contributed by atoms with van der Waals surface area (Å²) in [5.41, 5.74) is 0.802. The van der Waals surface area contributed by atoms with Crippen LogP contribution in [0.4, 0.5) is 4.79 Å². The fourth-order valence-corrected chi connectivity index (χ4v) is 3.73. The zero-order chi connectivity index (χ0) is 18.1. The molecule has 4 nitrogen and oxygen atoms in total. The molecule has 1 aliphatic rings. The van der Waals surface area contributed by atoms with E-state index >= 15 is 0 Å². The molecule has 3 amide bonds. The van der Waals surface area contributed by atoms with Crippen molar-refractivity contribution in [2.45, 2.75) is 25.4 Å². The molecule has 1 saturated heterocycles. The molecular formula is C22H20N2O2. The van der Waals surface area contributed by atoms with Crippen LogP contribution < -0.4 is 5.32 Å². The second-order valence-corrected chi connectivity index (χ2v) is 6.58. The van der Waals surface area contributed by atoms with E-state index in [4.69, 9.17) is 0 Å². The molecule has 0 bridgehead atoms. The Morgan fingerprint density at radius 1 is 0.885 bits per heavy atom. The van der Waals surface area contributed by atoms with E-state index in [1.54, 1.807) is 0 Å². The zero-order valence-corrected chi connectivity index (χ0v) is 14.6. The monoisotopic (exact) mass is 344 g/mol. The Morgan fingerprint density at radius 3 is 2.35 bits per heavy atom. The standard InChI is InChI=1S/C22H20N2O2/c1-2-22(18-12-4-3-5-13-18)20(25)24(21(26)23-22)15-17-11-8-10-16-9-6-7-14-19(16)17/h3-14H,2,15H2,1H3,(H,23,26)/t22-/m1/s1. The van der Waals surface area contributed by atoms with Gasteiger partial charge in [0, 0.05) is 0 Å². The first-order valence-electron chi connectivity index (χ1n) is 8.82. The molecule has 1 atom stereocenters. The molecule has 130 valence electrons. The number of nitrogens with one attached hydrogen (secondary N) is 1. The molecule has 3 aromatic rings. The first-order valence-corrected chi connectivity index (χ1v) is 8.82. The lowest BCUT2D eigenvalue weighted by molar-refractivity contribution is -0.132. The van der Waals surface area contributed by atoms with Crippen molar-refractivity contribution in [2.75, 3.05) is 0 Å². The van der Waals surface area contributed by atoms with Crippen molar-refractivity contribution in [3.8, 4) is 0 Å². The lowest BCUT2D eigenvalue weighted by atomic mass is 9.87. The normalized spacial score (nSPS) is 19.8. The molecule has 0 unspecified atom stereocenters. The Bertz CT molecular complexity index is 978. The number of nitrogens with zero attached hydrogens (tertiary/aromatic N) is 1. The van der Waals surface area contributed by atoms with E-state index in [-0.39, 0.29) is 18.5 Å². The summed E-state index contributed by atoms with van der Waals surface area (Å²) in [5.74, 6) is -0.191. The van der Waals surface area contributed by atoms with Gasteiger partial charge in [-0.25, -0.2) is 4.79 Å². The highest BCUT2D eigenvalue weighted by Crippen LogP contribution is 2.33. The maximum Gasteiger partial charge on any atom is 0.325 e. The van der Waals surface area contributed by atoms with Crippen molar-refractivity contribution < 1.29 is 9.59 Å². The SMILES string of the molecule is CC[C@]1(c2ccccc2)NC(=O)N(Cc2cccc3ccccc23)C1=O. The molecule has 0 saturated carbocycles. The van der Waals surface area contributed by atoms with Crippen LogP contribution in [0.3, 0.4) is 0 Å². The maximum atomic E-state index is 13.3. The summed E-state index contributed by atoms with van der Waals surface area (Å²) < 4.78 is 0. The van der Waals surface area contributed by atoms with Gasteiger partial charge in [0.15, 0.2) is 0 Å². The topological polar surface area (TPSA) is 49.4 Å². The average Bonchev–Trinajstić information content (AvgIpc) is 2.94. The lowest BCUT2D eigenvalue weighted by Gasteiger charge is -2.25. The van der Waals surface area contributed by atoms with E-state index in [0.717, 1.165) is 21.9 Å². The van der Waals surface area contributed by atoms with Crippen LogP contribution in [0.1, 0.15) is 24.5 Å². The molecule has 1 N–H and O–H groups in total. The molecule has 1 heterocycles. The quantitative estimate of drug-likeness (QED) is 0.721. The number of urea groups is 1. The van der Waals surface area contributed by atoms with Crippen molar-refractivity contribution in [3.05, 3.63) is 83.9 Å². The van der Waals surface area contributed by atoms with E-state index < -0.39 is 5.54 Å². The van der Waals surface area contributed by atoms with E-state index in [9.17, 15) is 9.59 Å². The van der Waals surface area contributed by atoms with Crippen molar-refractivity contribution >= 4 is 22.7 Å². The van der Waals surface area contributed by atoms with Gasteiger partial charge in [0.2, 0.25) is 0 Å². The van der Waals surface area contributed by atoms with Crippen LogP contribution in [-0.4, -0.2) is 16.8 Å². The third-order valence-electron chi connectivity index (χ3n) is 5.18. The predicted octanol–water partition coefficient (Wildman–Crippen LogP) is 4.20. The third-order valence-corrected chi connectivity index (χ3v) is 5.18. The second kappa shape index (κ2) is 6.30.